The highest BCUT2D eigenvalue weighted by atomic mass is 16.1. The summed E-state index contributed by atoms with van der Waals surface area (Å²) >= 11 is 0. The topological polar surface area (TPSA) is 60.7 Å². The van der Waals surface area contributed by atoms with Crippen molar-refractivity contribution < 1.29 is 4.79 Å². The summed E-state index contributed by atoms with van der Waals surface area (Å²) < 4.78 is 0. The molecule has 1 rings (SSSR count). The van der Waals surface area contributed by atoms with Gasteiger partial charge in [0.15, 0.2) is 5.82 Å². The number of hydrogen-bond acceptors (Lipinski definition) is 4. The lowest BCUT2D eigenvalue weighted by Gasteiger charge is -2.00. The molecule has 0 amide bonds. The first-order chi connectivity index (χ1) is 8.72. The number of carbonyl (C=O) groups excluding carboxylic acids is 1. The number of carbonyl (C=O) groups is 1. The summed E-state index contributed by atoms with van der Waals surface area (Å²) in [5.74, 6) is 0.752. The Kier molecular flexibility index (Phi) is 7.22. The van der Waals surface area contributed by atoms with Gasteiger partial charge in [-0.2, -0.15) is 4.80 Å². The Bertz CT molecular complexity index is 349. The average Bonchev–Trinajstić information content (AvgIpc) is 2.73. The van der Waals surface area contributed by atoms with Crippen molar-refractivity contribution in [2.24, 2.45) is 7.05 Å². The summed E-state index contributed by atoms with van der Waals surface area (Å²) in [5, 5.41) is 11.5. The number of Topliss-reactive ketones (excluding diaryl/α,β-unsaturated/α-hetero) is 1. The summed E-state index contributed by atoms with van der Waals surface area (Å²) in [4.78, 5) is 13.0. The molecule has 0 N–H and O–H groups in total. The Morgan fingerprint density at radius 1 is 1.11 bits per heavy atom. The maximum Gasteiger partial charge on any atom is 0.182 e. The number of tetrazole rings is 1. The van der Waals surface area contributed by atoms with Crippen LogP contribution in [0.4, 0.5) is 0 Å². The molecule has 0 atom stereocenters. The molecule has 0 aromatic carbocycles. The fraction of sp³-hybridized carbons (Fsp3) is 0.846. The van der Waals surface area contributed by atoms with Crippen molar-refractivity contribution in [3.63, 3.8) is 0 Å². The fourth-order valence-corrected chi connectivity index (χ4v) is 1.94. The van der Waals surface area contributed by atoms with Crippen LogP contribution in [0, 0.1) is 0 Å². The summed E-state index contributed by atoms with van der Waals surface area (Å²) in [6.07, 6.45) is 9.60. The zero-order valence-corrected chi connectivity index (χ0v) is 11.6. The van der Waals surface area contributed by atoms with Crippen molar-refractivity contribution in [1.29, 1.82) is 0 Å². The average molecular weight is 252 g/mol. The Morgan fingerprint density at radius 2 is 1.78 bits per heavy atom. The van der Waals surface area contributed by atoms with Crippen LogP contribution in [-0.2, 0) is 18.3 Å². The number of nitrogens with zero attached hydrogens (tertiary/aromatic N) is 4. The number of aryl methyl sites for hydroxylation is 1. The van der Waals surface area contributed by atoms with Gasteiger partial charge < -0.3 is 0 Å². The van der Waals surface area contributed by atoms with Crippen LogP contribution >= 0.6 is 0 Å². The summed E-state index contributed by atoms with van der Waals surface area (Å²) in [6, 6.07) is 0. The molecule has 0 bridgehead atoms. The van der Waals surface area contributed by atoms with E-state index >= 15 is 0 Å². The molecular weight excluding hydrogens is 228 g/mol. The number of unbranched alkanes of at least 4 members (excludes halogenated alkanes) is 6. The highest BCUT2D eigenvalue weighted by Gasteiger charge is 2.07. The third-order valence-corrected chi connectivity index (χ3v) is 2.96. The van der Waals surface area contributed by atoms with Gasteiger partial charge in [-0.1, -0.05) is 45.4 Å². The van der Waals surface area contributed by atoms with E-state index in [1.165, 1.54) is 36.9 Å². The van der Waals surface area contributed by atoms with E-state index in [0.29, 0.717) is 18.7 Å². The molecule has 18 heavy (non-hydrogen) atoms. The molecule has 1 heterocycles. The largest absolute Gasteiger partial charge is 0.299 e. The first-order valence-electron chi connectivity index (χ1n) is 6.97. The third-order valence-electron chi connectivity index (χ3n) is 2.96. The van der Waals surface area contributed by atoms with Crippen LogP contribution in [-0.4, -0.2) is 26.0 Å². The number of ketones is 1. The lowest BCUT2D eigenvalue weighted by atomic mass is 10.1. The maximum absolute atomic E-state index is 11.6. The highest BCUT2D eigenvalue weighted by molar-refractivity contribution is 5.79. The van der Waals surface area contributed by atoms with Gasteiger partial charge in [-0.3, -0.25) is 4.79 Å². The molecular formula is C13H24N4O. The summed E-state index contributed by atoms with van der Waals surface area (Å²) in [6.45, 7) is 2.22. The normalized spacial score (nSPS) is 10.8. The van der Waals surface area contributed by atoms with Crippen molar-refractivity contribution in [1.82, 2.24) is 20.2 Å². The van der Waals surface area contributed by atoms with E-state index in [4.69, 9.17) is 0 Å². The monoisotopic (exact) mass is 252 g/mol. The van der Waals surface area contributed by atoms with Crippen LogP contribution in [0.5, 0.6) is 0 Å². The molecule has 0 saturated carbocycles. The standard InChI is InChI=1S/C13H24N4O/c1-3-4-5-6-7-8-9-10-12(18)11-13-14-16-17(2)15-13/h3-11H2,1-2H3. The molecule has 0 fully saturated rings. The van der Waals surface area contributed by atoms with Crippen molar-refractivity contribution in [3.05, 3.63) is 5.82 Å². The fourth-order valence-electron chi connectivity index (χ4n) is 1.94. The van der Waals surface area contributed by atoms with Crippen LogP contribution in [0.15, 0.2) is 0 Å². The number of hydrogen-bond donors (Lipinski definition) is 0. The minimum atomic E-state index is 0.219. The Hall–Kier alpha value is -1.26. The van der Waals surface area contributed by atoms with Crippen LogP contribution < -0.4 is 0 Å². The minimum Gasteiger partial charge on any atom is -0.299 e. The summed E-state index contributed by atoms with van der Waals surface area (Å²) in [7, 11) is 1.71. The van der Waals surface area contributed by atoms with Gasteiger partial charge >= 0.3 is 0 Å². The van der Waals surface area contributed by atoms with Gasteiger partial charge in [0.1, 0.15) is 5.78 Å². The predicted molar refractivity (Wildman–Crippen MR) is 70.1 cm³/mol. The van der Waals surface area contributed by atoms with Gasteiger partial charge in [0.05, 0.1) is 13.5 Å². The highest BCUT2D eigenvalue weighted by Crippen LogP contribution is 2.09. The second-order valence-electron chi connectivity index (χ2n) is 4.78. The second-order valence-corrected chi connectivity index (χ2v) is 4.78. The molecule has 0 radical (unpaired) electrons. The quantitative estimate of drug-likeness (QED) is 0.600. The van der Waals surface area contributed by atoms with Crippen molar-refractivity contribution >= 4 is 5.78 Å². The third kappa shape index (κ3) is 6.47. The maximum atomic E-state index is 11.6. The van der Waals surface area contributed by atoms with Gasteiger partial charge in [-0.25, -0.2) is 0 Å². The number of aromatic nitrogens is 4. The smallest absolute Gasteiger partial charge is 0.182 e. The van der Waals surface area contributed by atoms with E-state index in [2.05, 4.69) is 22.3 Å². The lowest BCUT2D eigenvalue weighted by molar-refractivity contribution is -0.118. The van der Waals surface area contributed by atoms with E-state index < -0.39 is 0 Å². The van der Waals surface area contributed by atoms with E-state index in [1.807, 2.05) is 0 Å². The Balaban J connectivity index is 2.00. The lowest BCUT2D eigenvalue weighted by Crippen LogP contribution is -2.04. The van der Waals surface area contributed by atoms with Crippen molar-refractivity contribution in [3.8, 4) is 0 Å². The van der Waals surface area contributed by atoms with Crippen LogP contribution in [0.3, 0.4) is 0 Å². The predicted octanol–water partition coefficient (Wildman–Crippen LogP) is 2.46. The minimum absolute atomic E-state index is 0.219. The first-order valence-corrected chi connectivity index (χ1v) is 6.97. The molecule has 0 unspecified atom stereocenters. The molecule has 5 nitrogen and oxygen atoms in total. The van der Waals surface area contributed by atoms with Crippen LogP contribution in [0.25, 0.3) is 0 Å². The van der Waals surface area contributed by atoms with Crippen LogP contribution in [0.2, 0.25) is 0 Å². The molecule has 0 spiro atoms. The summed E-state index contributed by atoms with van der Waals surface area (Å²) in [5.41, 5.74) is 0. The van der Waals surface area contributed by atoms with Gasteiger partial charge in [-0.05, 0) is 11.6 Å². The van der Waals surface area contributed by atoms with E-state index in [-0.39, 0.29) is 5.78 Å². The number of rotatable bonds is 10. The molecule has 0 saturated heterocycles. The van der Waals surface area contributed by atoms with E-state index in [0.717, 1.165) is 12.8 Å². The zero-order valence-electron chi connectivity index (χ0n) is 11.6. The van der Waals surface area contributed by atoms with Gasteiger partial charge in [0.2, 0.25) is 0 Å². The molecule has 1 aromatic heterocycles. The zero-order chi connectivity index (χ0) is 13.2. The SMILES string of the molecule is CCCCCCCCCC(=O)Cc1nnn(C)n1. The van der Waals surface area contributed by atoms with E-state index in [9.17, 15) is 4.79 Å². The van der Waals surface area contributed by atoms with Crippen LogP contribution in [0.1, 0.15) is 64.1 Å². The molecule has 0 aliphatic heterocycles. The molecule has 1 aromatic rings. The molecule has 0 aliphatic carbocycles. The van der Waals surface area contributed by atoms with Gasteiger partial charge in [0, 0.05) is 6.42 Å². The van der Waals surface area contributed by atoms with Gasteiger partial charge in [-0.15, -0.1) is 10.2 Å². The Labute approximate surface area is 109 Å². The van der Waals surface area contributed by atoms with E-state index in [1.54, 1.807) is 7.05 Å². The van der Waals surface area contributed by atoms with Crippen molar-refractivity contribution in [2.75, 3.05) is 0 Å². The molecule has 0 aliphatic rings. The van der Waals surface area contributed by atoms with Gasteiger partial charge in [0.25, 0.3) is 0 Å². The van der Waals surface area contributed by atoms with Crippen molar-refractivity contribution in [2.45, 2.75) is 64.7 Å². The molecule has 5 heteroatoms. The second kappa shape index (κ2) is 8.78. The Morgan fingerprint density at radius 3 is 2.39 bits per heavy atom. The molecule has 102 valence electrons. The first kappa shape index (κ1) is 14.8.